The van der Waals surface area contributed by atoms with Crippen molar-refractivity contribution < 1.29 is 38.6 Å². The third kappa shape index (κ3) is 7.89. The van der Waals surface area contributed by atoms with Gasteiger partial charge >= 0.3 is 5.97 Å². The Kier molecular flexibility index (Phi) is 11.1. The Bertz CT molecular complexity index is 1610. The maximum atomic E-state index is 12.7. The lowest BCUT2D eigenvalue weighted by atomic mass is 9.90. The standard InChI is InChI=1S/C29H30N2O7.CH3NO2/c1-30(13-12-27(33)34)19-8-10-23-25(16-19)38-26-17-20(31(2)14-15-37-18-32)9-11-24(26)28(23)21-6-4-5-7-22(21)29(35)36-3;1-2(3)4/h4-11,16-17H,12-15,18H2,1-3H3,(H,33,34);1H3/p-1. The fourth-order valence-electron chi connectivity index (χ4n) is 4.40. The number of rotatable bonds is 10. The van der Waals surface area contributed by atoms with Crippen LogP contribution in [0.5, 0.6) is 0 Å². The Morgan fingerprint density at radius 1 is 1.02 bits per heavy atom. The number of anilines is 1. The highest BCUT2D eigenvalue weighted by Crippen LogP contribution is 2.42. The van der Waals surface area contributed by atoms with Gasteiger partial charge in [0.2, 0.25) is 5.36 Å². The molecule has 12 heteroatoms. The van der Waals surface area contributed by atoms with Gasteiger partial charge < -0.3 is 33.8 Å². The molecule has 4 rings (SSSR count). The summed E-state index contributed by atoms with van der Waals surface area (Å²) >= 11 is 0. The Balaban J connectivity index is 0.00000114. The molecule has 2 aromatic carbocycles. The van der Waals surface area contributed by atoms with E-state index < -0.39 is 23.7 Å². The van der Waals surface area contributed by atoms with Gasteiger partial charge in [0.1, 0.15) is 25.0 Å². The summed E-state index contributed by atoms with van der Waals surface area (Å²) < 4.78 is 18.4. The van der Waals surface area contributed by atoms with E-state index in [1.54, 1.807) is 19.2 Å². The van der Waals surface area contributed by atoms with Crippen LogP contribution in [0, 0.1) is 10.1 Å². The van der Waals surface area contributed by atoms with Gasteiger partial charge in [-0.05, 0) is 36.6 Å². The minimum absolute atomic E-state index is 0.104. The van der Waals surface area contributed by atoms with Crippen molar-refractivity contribution >= 4 is 28.6 Å². The lowest BCUT2D eigenvalue weighted by molar-refractivity contribution is -0.445. The van der Waals surface area contributed by atoms with Crippen LogP contribution in [-0.2, 0) is 14.3 Å². The summed E-state index contributed by atoms with van der Waals surface area (Å²) in [5.74, 6) is -0.973. The van der Waals surface area contributed by atoms with Crippen LogP contribution >= 0.6 is 0 Å². The number of carboxylic acid groups (broad SMARTS) is 1. The number of hydrogen-bond acceptors (Lipinski definition) is 10. The number of nitro groups is 1. The van der Waals surface area contributed by atoms with Gasteiger partial charge in [-0.1, -0.05) is 18.2 Å². The molecule has 0 bridgehead atoms. The van der Waals surface area contributed by atoms with Gasteiger partial charge in [0, 0.05) is 65.2 Å². The molecule has 1 heterocycles. The zero-order valence-electron chi connectivity index (χ0n) is 23.8. The zero-order valence-corrected chi connectivity index (χ0v) is 23.8. The van der Waals surface area contributed by atoms with Gasteiger partial charge in [0.05, 0.1) is 18.7 Å². The van der Waals surface area contributed by atoms with E-state index in [0.29, 0.717) is 35.6 Å². The van der Waals surface area contributed by atoms with E-state index in [2.05, 4.69) is 0 Å². The number of hydrogen-bond donors (Lipinski definition) is 0. The van der Waals surface area contributed by atoms with Crippen molar-refractivity contribution in [3.63, 3.8) is 0 Å². The Labute approximate surface area is 242 Å². The Hall–Kier alpha value is -4.81. The zero-order chi connectivity index (χ0) is 30.8. The molecule has 2 aromatic rings. The molecular weight excluding hydrogens is 546 g/mol. The maximum Gasteiger partial charge on any atom is 0.338 e. The molecule has 2 aliphatic rings. The van der Waals surface area contributed by atoms with E-state index >= 15 is 0 Å². The van der Waals surface area contributed by atoms with Crippen molar-refractivity contribution in [3.8, 4) is 22.5 Å². The monoisotopic (exact) mass is 578 g/mol. The number of esters is 1. The molecule has 0 N–H and O–H groups in total. The van der Waals surface area contributed by atoms with Crippen molar-refractivity contribution in [2.45, 2.75) is 6.42 Å². The molecule has 1 aliphatic heterocycles. The highest BCUT2D eigenvalue weighted by atomic mass is 16.6. The molecule has 42 heavy (non-hydrogen) atoms. The third-order valence-electron chi connectivity index (χ3n) is 6.48. The number of nitrogens with zero attached hydrogens (tertiary/aromatic N) is 3. The average molecular weight is 579 g/mol. The fourth-order valence-corrected chi connectivity index (χ4v) is 4.40. The molecule has 0 spiro atoms. The van der Waals surface area contributed by atoms with Crippen LogP contribution in [0.25, 0.3) is 33.4 Å². The van der Waals surface area contributed by atoms with Crippen molar-refractivity contribution in [1.82, 2.24) is 4.58 Å². The van der Waals surface area contributed by atoms with E-state index in [1.807, 2.05) is 65.1 Å². The largest absolute Gasteiger partial charge is 0.834 e. The van der Waals surface area contributed by atoms with E-state index in [9.17, 15) is 19.8 Å². The van der Waals surface area contributed by atoms with Crippen LogP contribution < -0.4 is 25.0 Å². The number of likely N-dealkylation sites (N-methyl/N-ethyl adjacent to an activating group) is 1. The van der Waals surface area contributed by atoms with Crippen LogP contribution in [0.15, 0.2) is 65.1 Å². The lowest BCUT2D eigenvalue weighted by Gasteiger charge is -2.21. The first-order valence-corrected chi connectivity index (χ1v) is 12.9. The first kappa shape index (κ1) is 31.7. The van der Waals surface area contributed by atoms with Crippen LogP contribution in [-0.4, -0.2) is 71.6 Å². The van der Waals surface area contributed by atoms with Gasteiger partial charge in [-0.3, -0.25) is 10.1 Å². The van der Waals surface area contributed by atoms with Crippen molar-refractivity contribution in [1.29, 1.82) is 0 Å². The number of carbonyl (C=O) groups is 2. The normalized spacial score (nSPS) is 11.5. The minimum Gasteiger partial charge on any atom is -0.834 e. The smallest absolute Gasteiger partial charge is 0.338 e. The fraction of sp³-hybridized carbons (Fsp3) is 0.300. The molecule has 1 aliphatic carbocycles. The Morgan fingerprint density at radius 2 is 1.74 bits per heavy atom. The number of fused-ring (bicyclic) bond motifs is 2. The van der Waals surface area contributed by atoms with Gasteiger partial charge in [-0.15, -0.1) is 0 Å². The summed E-state index contributed by atoms with van der Waals surface area (Å²) in [6.45, 7) is 0.508. The van der Waals surface area contributed by atoms with Crippen LogP contribution in [0.4, 0.5) is 5.69 Å². The molecule has 0 aromatic heterocycles. The van der Waals surface area contributed by atoms with E-state index in [1.165, 1.54) is 7.11 Å². The van der Waals surface area contributed by atoms with Gasteiger partial charge in [0.15, 0.2) is 13.6 Å². The number of benzene rings is 3. The summed E-state index contributed by atoms with van der Waals surface area (Å²) in [5.41, 5.74) is 4.09. The average Bonchev–Trinajstić information content (AvgIpc) is 2.97. The third-order valence-corrected chi connectivity index (χ3v) is 6.48. The highest BCUT2D eigenvalue weighted by molar-refractivity contribution is 6.08. The van der Waals surface area contributed by atoms with Gasteiger partial charge in [0.25, 0.3) is 0 Å². The number of carbonyl (C=O) groups excluding carboxylic acids is 2. The number of aliphatic carboxylic acids is 1. The predicted octanol–water partition coefficient (Wildman–Crippen LogP) is 1.20. The van der Waals surface area contributed by atoms with Gasteiger partial charge in [-0.25, -0.2) is 9.37 Å². The van der Waals surface area contributed by atoms with Crippen LogP contribution in [0.1, 0.15) is 16.8 Å². The highest BCUT2D eigenvalue weighted by Gasteiger charge is 2.23. The summed E-state index contributed by atoms with van der Waals surface area (Å²) in [6, 6.07) is 18.7. The minimum atomic E-state index is -1.12. The van der Waals surface area contributed by atoms with Crippen LogP contribution in [0.2, 0.25) is 0 Å². The molecule has 0 unspecified atom stereocenters. The predicted molar refractivity (Wildman–Crippen MR) is 152 cm³/mol. The van der Waals surface area contributed by atoms with Gasteiger partial charge in [-0.2, -0.15) is 0 Å². The molecule has 0 fully saturated rings. The van der Waals surface area contributed by atoms with Crippen LogP contribution in [0.3, 0.4) is 0 Å². The van der Waals surface area contributed by atoms with Crippen molar-refractivity contribution in [2.24, 2.45) is 0 Å². The molecule has 222 valence electrons. The quantitative estimate of drug-likeness (QED) is 0.0508. The molecule has 0 radical (unpaired) electrons. The topological polar surface area (TPSA) is 161 Å². The summed E-state index contributed by atoms with van der Waals surface area (Å²) in [6.07, 6.45) is -0.104. The lowest BCUT2D eigenvalue weighted by Crippen LogP contribution is -2.30. The maximum absolute atomic E-state index is 12.7. The molecule has 12 nitrogen and oxygen atoms in total. The molecule has 0 saturated carbocycles. The Morgan fingerprint density at radius 3 is 2.40 bits per heavy atom. The SMILES string of the molecule is COC(=O)c1ccccc1-c1c2ccc(=[N+](C)CCOC[O-])cc-2oc2cc(N(C)CCC(=O)[O-])ccc12.C[N+](=O)[O-]. The summed E-state index contributed by atoms with van der Waals surface area (Å²) in [5, 5.41) is 32.1. The van der Waals surface area contributed by atoms with E-state index in [-0.39, 0.29) is 13.0 Å². The van der Waals surface area contributed by atoms with E-state index in [4.69, 9.17) is 24.0 Å². The first-order valence-electron chi connectivity index (χ1n) is 12.9. The van der Waals surface area contributed by atoms with Crippen molar-refractivity contribution in [3.05, 3.63) is 81.7 Å². The second-order valence-corrected chi connectivity index (χ2v) is 9.31. The first-order chi connectivity index (χ1) is 20.1. The molecule has 0 amide bonds. The van der Waals surface area contributed by atoms with E-state index in [0.717, 1.165) is 34.6 Å². The number of ether oxygens (including phenoxy) is 2. The number of carboxylic acids is 1. The second-order valence-electron chi connectivity index (χ2n) is 9.31. The molecule has 0 atom stereocenters. The molecule has 0 saturated heterocycles. The summed E-state index contributed by atoms with van der Waals surface area (Å²) in [7, 11) is 5.94. The molecular formula is C30H32N3O9-. The number of methoxy groups -OCH3 is 1. The second kappa shape index (κ2) is 14.7. The van der Waals surface area contributed by atoms with Crippen molar-refractivity contribution in [2.75, 3.05) is 59.6 Å². The summed E-state index contributed by atoms with van der Waals surface area (Å²) in [4.78, 5) is 33.8.